The first kappa shape index (κ1) is 22.7. The molecule has 1 nitrogen and oxygen atoms in total. The third-order valence-corrected chi connectivity index (χ3v) is 8.18. The average molecular weight is 518 g/mol. The van der Waals surface area contributed by atoms with Gasteiger partial charge in [-0.2, -0.15) is 0 Å². The van der Waals surface area contributed by atoms with Gasteiger partial charge in [-0.15, -0.1) is 0 Å². The van der Waals surface area contributed by atoms with Gasteiger partial charge < -0.3 is 4.57 Å². The predicted molar refractivity (Wildman–Crippen MR) is 158 cm³/mol. The Morgan fingerprint density at radius 3 is 1.86 bits per heavy atom. The maximum atomic E-state index is 6.34. The van der Waals surface area contributed by atoms with Crippen molar-refractivity contribution in [2.75, 3.05) is 0 Å². The SMILES string of the molecule is Cn1cc(C2=C(C3CC3)c3ccccc3C2=C(c2ccc(Cl)cc2)c2ccc(Cl)cc2)c2ccccc21. The van der Waals surface area contributed by atoms with Crippen LogP contribution in [0.5, 0.6) is 0 Å². The molecule has 1 saturated carbocycles. The Morgan fingerprint density at radius 1 is 0.676 bits per heavy atom. The molecular formula is C34H25Cl2N. The minimum atomic E-state index is 0.587. The molecule has 0 atom stereocenters. The van der Waals surface area contributed by atoms with Gasteiger partial charge in [0.15, 0.2) is 0 Å². The van der Waals surface area contributed by atoms with E-state index in [2.05, 4.69) is 90.6 Å². The molecule has 2 aliphatic rings. The van der Waals surface area contributed by atoms with Crippen molar-refractivity contribution in [1.82, 2.24) is 4.57 Å². The van der Waals surface area contributed by atoms with E-state index in [0.29, 0.717) is 5.92 Å². The van der Waals surface area contributed by atoms with E-state index in [1.165, 1.54) is 62.7 Å². The Labute approximate surface area is 227 Å². The number of hydrogen-bond acceptors (Lipinski definition) is 0. The molecule has 0 radical (unpaired) electrons. The Kier molecular flexibility index (Phi) is 5.39. The van der Waals surface area contributed by atoms with Crippen molar-refractivity contribution >= 4 is 56.4 Å². The molecule has 37 heavy (non-hydrogen) atoms. The van der Waals surface area contributed by atoms with Gasteiger partial charge in [0.2, 0.25) is 0 Å². The summed E-state index contributed by atoms with van der Waals surface area (Å²) in [5.41, 5.74) is 12.8. The van der Waals surface area contributed by atoms with Crippen LogP contribution < -0.4 is 0 Å². The number of nitrogens with zero attached hydrogens (tertiary/aromatic N) is 1. The van der Waals surface area contributed by atoms with Crippen LogP contribution in [0.1, 0.15) is 40.7 Å². The van der Waals surface area contributed by atoms with Crippen LogP contribution in [-0.2, 0) is 7.05 Å². The van der Waals surface area contributed by atoms with Crippen LogP contribution in [0.3, 0.4) is 0 Å². The average Bonchev–Trinajstić information content (AvgIpc) is 3.64. The van der Waals surface area contributed by atoms with Gasteiger partial charge in [-0.3, -0.25) is 0 Å². The van der Waals surface area contributed by atoms with E-state index in [1.807, 2.05) is 24.3 Å². The highest BCUT2D eigenvalue weighted by molar-refractivity contribution is 6.32. The van der Waals surface area contributed by atoms with E-state index in [9.17, 15) is 0 Å². The van der Waals surface area contributed by atoms with Gasteiger partial charge in [0.25, 0.3) is 0 Å². The summed E-state index contributed by atoms with van der Waals surface area (Å²) < 4.78 is 2.26. The van der Waals surface area contributed by atoms with Crippen LogP contribution in [0.4, 0.5) is 0 Å². The lowest BCUT2D eigenvalue weighted by atomic mass is 9.85. The van der Waals surface area contributed by atoms with Crippen LogP contribution in [-0.4, -0.2) is 4.57 Å². The quantitative estimate of drug-likeness (QED) is 0.223. The van der Waals surface area contributed by atoms with E-state index >= 15 is 0 Å². The molecule has 0 unspecified atom stereocenters. The zero-order valence-electron chi connectivity index (χ0n) is 20.5. The maximum Gasteiger partial charge on any atom is 0.0484 e. The summed E-state index contributed by atoms with van der Waals surface area (Å²) in [6, 6.07) is 34.1. The second kappa shape index (κ2) is 8.80. The zero-order chi connectivity index (χ0) is 25.1. The molecule has 0 bridgehead atoms. The number of allylic oxidation sites excluding steroid dienone is 3. The van der Waals surface area contributed by atoms with Crippen molar-refractivity contribution in [3.63, 3.8) is 0 Å². The zero-order valence-corrected chi connectivity index (χ0v) is 22.0. The Bertz CT molecular complexity index is 1680. The number of para-hydroxylation sites is 1. The van der Waals surface area contributed by atoms with Gasteiger partial charge in [-0.05, 0) is 93.6 Å². The predicted octanol–water partition coefficient (Wildman–Crippen LogP) is 9.78. The molecule has 1 heterocycles. The molecule has 180 valence electrons. The Morgan fingerprint density at radius 2 is 1.24 bits per heavy atom. The molecular weight excluding hydrogens is 493 g/mol. The molecule has 4 aromatic carbocycles. The third kappa shape index (κ3) is 3.77. The summed E-state index contributed by atoms with van der Waals surface area (Å²) in [7, 11) is 2.15. The third-order valence-electron chi connectivity index (χ3n) is 7.67. The Hall–Kier alpha value is -3.52. The molecule has 1 fully saturated rings. The number of aromatic nitrogens is 1. The topological polar surface area (TPSA) is 4.93 Å². The molecule has 0 aliphatic heterocycles. The van der Waals surface area contributed by atoms with E-state index in [4.69, 9.17) is 23.2 Å². The first-order chi connectivity index (χ1) is 18.1. The summed E-state index contributed by atoms with van der Waals surface area (Å²) in [5, 5.41) is 2.76. The second-order valence-corrected chi connectivity index (χ2v) is 10.9. The molecule has 7 rings (SSSR count). The molecule has 0 spiro atoms. The number of aryl methyl sites for hydroxylation is 1. The highest BCUT2D eigenvalue weighted by Gasteiger charge is 2.39. The van der Waals surface area contributed by atoms with E-state index in [-0.39, 0.29) is 0 Å². The highest BCUT2D eigenvalue weighted by atomic mass is 35.5. The normalized spacial score (nSPS) is 14.9. The lowest BCUT2D eigenvalue weighted by molar-refractivity contribution is 0.967. The lowest BCUT2D eigenvalue weighted by Gasteiger charge is -2.18. The molecule has 0 amide bonds. The standard InChI is InChI=1S/C34H25Cl2N/c1-37-20-29(26-6-4-5-9-30(26)37)34-32(23-10-11-23)27-7-2-3-8-28(27)33(34)31(21-12-16-24(35)17-13-21)22-14-18-25(36)19-15-22/h2-9,12-20,23H,10-11H2,1H3. The number of hydrogen-bond donors (Lipinski definition) is 0. The van der Waals surface area contributed by atoms with Gasteiger partial charge >= 0.3 is 0 Å². The summed E-state index contributed by atoms with van der Waals surface area (Å²) in [6.45, 7) is 0. The van der Waals surface area contributed by atoms with Crippen molar-refractivity contribution in [3.8, 4) is 0 Å². The monoisotopic (exact) mass is 517 g/mol. The number of rotatable bonds is 4. The lowest BCUT2D eigenvalue weighted by Crippen LogP contribution is -1.96. The second-order valence-electron chi connectivity index (χ2n) is 10.0. The molecule has 1 aromatic heterocycles. The Balaban J connectivity index is 1.64. The highest BCUT2D eigenvalue weighted by Crippen LogP contribution is 2.58. The van der Waals surface area contributed by atoms with Crippen LogP contribution in [0, 0.1) is 5.92 Å². The van der Waals surface area contributed by atoms with Crippen molar-refractivity contribution < 1.29 is 0 Å². The van der Waals surface area contributed by atoms with E-state index in [1.54, 1.807) is 0 Å². The van der Waals surface area contributed by atoms with Crippen LogP contribution in [0.25, 0.3) is 33.2 Å². The fourth-order valence-corrected chi connectivity index (χ4v) is 6.16. The first-order valence-electron chi connectivity index (χ1n) is 12.7. The van der Waals surface area contributed by atoms with E-state index in [0.717, 1.165) is 21.2 Å². The fraction of sp³-hybridized carbons (Fsp3) is 0.118. The molecule has 5 aromatic rings. The summed E-state index contributed by atoms with van der Waals surface area (Å²) >= 11 is 12.7. The fourth-order valence-electron chi connectivity index (χ4n) is 5.90. The maximum absolute atomic E-state index is 6.34. The van der Waals surface area contributed by atoms with Gasteiger partial charge in [-0.1, -0.05) is 89.9 Å². The van der Waals surface area contributed by atoms with Crippen LogP contribution in [0.15, 0.2) is 103 Å². The first-order valence-corrected chi connectivity index (χ1v) is 13.5. The summed E-state index contributed by atoms with van der Waals surface area (Å²) in [5.74, 6) is 0.587. The minimum Gasteiger partial charge on any atom is -0.350 e. The van der Waals surface area contributed by atoms with Crippen LogP contribution in [0.2, 0.25) is 10.0 Å². The molecule has 0 saturated heterocycles. The smallest absolute Gasteiger partial charge is 0.0484 e. The van der Waals surface area contributed by atoms with Gasteiger partial charge in [-0.25, -0.2) is 0 Å². The van der Waals surface area contributed by atoms with Gasteiger partial charge in [0, 0.05) is 39.8 Å². The molecule has 3 heteroatoms. The van der Waals surface area contributed by atoms with Crippen LogP contribution >= 0.6 is 23.2 Å². The minimum absolute atomic E-state index is 0.587. The number of fused-ring (bicyclic) bond motifs is 2. The molecule has 2 aliphatic carbocycles. The number of benzene rings is 4. The van der Waals surface area contributed by atoms with Crippen molar-refractivity contribution in [3.05, 3.63) is 141 Å². The van der Waals surface area contributed by atoms with Gasteiger partial charge in [0.1, 0.15) is 0 Å². The summed E-state index contributed by atoms with van der Waals surface area (Å²) in [6.07, 6.45) is 4.79. The summed E-state index contributed by atoms with van der Waals surface area (Å²) in [4.78, 5) is 0. The van der Waals surface area contributed by atoms with Crippen molar-refractivity contribution in [1.29, 1.82) is 0 Å². The van der Waals surface area contributed by atoms with Crippen molar-refractivity contribution in [2.45, 2.75) is 12.8 Å². The molecule has 0 N–H and O–H groups in total. The van der Waals surface area contributed by atoms with Crippen molar-refractivity contribution in [2.24, 2.45) is 13.0 Å². The van der Waals surface area contributed by atoms with Gasteiger partial charge in [0.05, 0.1) is 0 Å². The van der Waals surface area contributed by atoms with E-state index < -0.39 is 0 Å². The number of halogens is 2. The largest absolute Gasteiger partial charge is 0.350 e.